The lowest BCUT2D eigenvalue weighted by atomic mass is 9.92. The molecular formula is C14H21IN2O2. The molecule has 5 heteroatoms. The molecule has 0 aromatic carbocycles. The van der Waals surface area contributed by atoms with Gasteiger partial charge in [0.2, 0.25) is 0 Å². The van der Waals surface area contributed by atoms with Crippen molar-refractivity contribution in [1.82, 2.24) is 10.3 Å². The Balaban J connectivity index is 2.78. The highest BCUT2D eigenvalue weighted by Gasteiger charge is 2.15. The van der Waals surface area contributed by atoms with E-state index in [1.807, 2.05) is 6.92 Å². The maximum absolute atomic E-state index is 12.0. The second kappa shape index (κ2) is 6.54. The van der Waals surface area contributed by atoms with E-state index in [-0.39, 0.29) is 22.4 Å². The van der Waals surface area contributed by atoms with Crippen molar-refractivity contribution in [3.63, 3.8) is 0 Å². The zero-order chi connectivity index (χ0) is 14.6. The molecule has 19 heavy (non-hydrogen) atoms. The summed E-state index contributed by atoms with van der Waals surface area (Å²) in [6.07, 6.45) is 1.63. The number of halogens is 1. The number of aromatic nitrogens is 1. The number of hydrogen-bond donors (Lipinski definition) is 2. The average Bonchev–Trinajstić information content (AvgIpc) is 2.29. The minimum atomic E-state index is -0.314. The van der Waals surface area contributed by atoms with Crippen LogP contribution in [-0.2, 0) is 6.42 Å². The Morgan fingerprint density at radius 2 is 2.05 bits per heavy atom. The predicted octanol–water partition coefficient (Wildman–Crippen LogP) is 2.71. The lowest BCUT2D eigenvalue weighted by Gasteiger charge is -2.18. The monoisotopic (exact) mass is 376 g/mol. The van der Waals surface area contributed by atoms with Crippen LogP contribution in [0.15, 0.2) is 10.9 Å². The molecule has 0 saturated heterocycles. The molecule has 1 rings (SSSR count). The van der Waals surface area contributed by atoms with Gasteiger partial charge in [-0.15, -0.1) is 0 Å². The molecule has 1 aromatic heterocycles. The van der Waals surface area contributed by atoms with Gasteiger partial charge in [-0.1, -0.05) is 27.7 Å². The van der Waals surface area contributed by atoms with Crippen molar-refractivity contribution < 1.29 is 4.79 Å². The fourth-order valence-corrected chi connectivity index (χ4v) is 2.44. The zero-order valence-electron chi connectivity index (χ0n) is 11.9. The number of aromatic amines is 1. The van der Waals surface area contributed by atoms with E-state index in [4.69, 9.17) is 0 Å². The van der Waals surface area contributed by atoms with E-state index < -0.39 is 0 Å². The normalized spacial score (nSPS) is 11.4. The summed E-state index contributed by atoms with van der Waals surface area (Å²) < 4.78 is 0.917. The molecule has 1 amide bonds. The van der Waals surface area contributed by atoms with Crippen LogP contribution < -0.4 is 10.9 Å². The van der Waals surface area contributed by atoms with E-state index in [1.165, 1.54) is 0 Å². The van der Waals surface area contributed by atoms with Crippen molar-refractivity contribution in [1.29, 1.82) is 0 Å². The third kappa shape index (κ3) is 4.97. The van der Waals surface area contributed by atoms with Crippen LogP contribution in [0, 0.1) is 8.99 Å². The summed E-state index contributed by atoms with van der Waals surface area (Å²) in [5.41, 5.74) is 0.915. The van der Waals surface area contributed by atoms with Gasteiger partial charge in [0.1, 0.15) is 5.56 Å². The summed E-state index contributed by atoms with van der Waals surface area (Å²) in [6.45, 7) is 8.89. The number of nitrogens with one attached hydrogen (secondary N) is 2. The summed E-state index contributed by atoms with van der Waals surface area (Å²) in [6, 6.07) is 1.66. The first-order valence-corrected chi connectivity index (χ1v) is 7.52. The third-order valence-electron chi connectivity index (χ3n) is 2.83. The maximum Gasteiger partial charge on any atom is 0.261 e. The van der Waals surface area contributed by atoms with Gasteiger partial charge in [-0.25, -0.2) is 0 Å². The van der Waals surface area contributed by atoms with Gasteiger partial charge in [-0.05, 0) is 46.9 Å². The SMILES string of the molecule is CCc1[nH]c(=O)c(C(=O)NCCC(C)(C)C)cc1I. The van der Waals surface area contributed by atoms with E-state index in [0.29, 0.717) is 6.54 Å². The Kier molecular flexibility index (Phi) is 5.58. The zero-order valence-corrected chi connectivity index (χ0v) is 14.1. The minimum Gasteiger partial charge on any atom is -0.352 e. The van der Waals surface area contributed by atoms with Gasteiger partial charge in [0.05, 0.1) is 0 Å². The van der Waals surface area contributed by atoms with E-state index in [0.717, 1.165) is 22.1 Å². The summed E-state index contributed by atoms with van der Waals surface area (Å²) in [4.78, 5) is 26.6. The highest BCUT2D eigenvalue weighted by molar-refractivity contribution is 14.1. The number of rotatable bonds is 4. The van der Waals surface area contributed by atoms with Crippen molar-refractivity contribution in [3.8, 4) is 0 Å². The van der Waals surface area contributed by atoms with Crippen molar-refractivity contribution >= 4 is 28.5 Å². The van der Waals surface area contributed by atoms with Gasteiger partial charge < -0.3 is 10.3 Å². The molecule has 0 saturated carbocycles. The Bertz CT molecular complexity index is 515. The molecule has 0 spiro atoms. The predicted molar refractivity (Wildman–Crippen MR) is 85.6 cm³/mol. The van der Waals surface area contributed by atoms with E-state index in [2.05, 4.69) is 53.7 Å². The number of H-pyrrole nitrogens is 1. The molecular weight excluding hydrogens is 355 g/mol. The molecule has 0 fully saturated rings. The minimum absolute atomic E-state index is 0.167. The van der Waals surface area contributed by atoms with Crippen molar-refractivity contribution in [2.45, 2.75) is 40.5 Å². The molecule has 0 aliphatic carbocycles. The number of carbonyl (C=O) groups is 1. The fourth-order valence-electron chi connectivity index (χ4n) is 1.62. The van der Waals surface area contributed by atoms with Crippen LogP contribution in [0.1, 0.15) is 50.2 Å². The molecule has 106 valence electrons. The summed E-state index contributed by atoms with van der Waals surface area (Å²) >= 11 is 2.14. The third-order valence-corrected chi connectivity index (χ3v) is 3.79. The molecule has 2 N–H and O–H groups in total. The van der Waals surface area contributed by atoms with Crippen LogP contribution >= 0.6 is 22.6 Å². The number of aryl methyl sites for hydroxylation is 1. The summed E-state index contributed by atoms with van der Waals surface area (Å²) in [7, 11) is 0. The molecule has 1 heterocycles. The standard InChI is InChI=1S/C14H21IN2O2/c1-5-11-10(15)8-9(13(19)17-11)12(18)16-7-6-14(2,3)4/h8H,5-7H2,1-4H3,(H,16,18)(H,17,19). The van der Waals surface area contributed by atoms with Crippen molar-refractivity contribution in [2.24, 2.45) is 5.41 Å². The van der Waals surface area contributed by atoms with Crippen LogP contribution in [0.2, 0.25) is 0 Å². The lowest BCUT2D eigenvalue weighted by Crippen LogP contribution is -2.32. The quantitative estimate of drug-likeness (QED) is 0.794. The Hall–Kier alpha value is -0.850. The molecule has 0 bridgehead atoms. The molecule has 0 unspecified atom stereocenters. The van der Waals surface area contributed by atoms with E-state index in [9.17, 15) is 9.59 Å². The van der Waals surface area contributed by atoms with Crippen LogP contribution in [0.25, 0.3) is 0 Å². The molecule has 1 aromatic rings. The molecule has 0 aliphatic rings. The van der Waals surface area contributed by atoms with E-state index >= 15 is 0 Å². The average molecular weight is 376 g/mol. The first-order valence-electron chi connectivity index (χ1n) is 6.44. The van der Waals surface area contributed by atoms with Gasteiger partial charge in [0, 0.05) is 15.8 Å². The highest BCUT2D eigenvalue weighted by atomic mass is 127. The maximum atomic E-state index is 12.0. The van der Waals surface area contributed by atoms with Gasteiger partial charge >= 0.3 is 0 Å². The number of amides is 1. The Morgan fingerprint density at radius 1 is 1.42 bits per heavy atom. The number of carbonyl (C=O) groups excluding carboxylic acids is 1. The van der Waals surface area contributed by atoms with Crippen molar-refractivity contribution in [2.75, 3.05) is 6.54 Å². The van der Waals surface area contributed by atoms with Crippen LogP contribution in [-0.4, -0.2) is 17.4 Å². The fraction of sp³-hybridized carbons (Fsp3) is 0.571. The first kappa shape index (κ1) is 16.2. The van der Waals surface area contributed by atoms with Gasteiger partial charge in [0.15, 0.2) is 0 Å². The lowest BCUT2D eigenvalue weighted by molar-refractivity contribution is 0.0948. The largest absolute Gasteiger partial charge is 0.352 e. The van der Waals surface area contributed by atoms with Gasteiger partial charge in [-0.2, -0.15) is 0 Å². The first-order chi connectivity index (χ1) is 8.74. The summed E-state index contributed by atoms with van der Waals surface area (Å²) in [5, 5.41) is 2.80. The van der Waals surface area contributed by atoms with Crippen LogP contribution in [0.4, 0.5) is 0 Å². The topological polar surface area (TPSA) is 62.0 Å². The second-order valence-corrected chi connectivity index (χ2v) is 6.92. The molecule has 4 nitrogen and oxygen atoms in total. The highest BCUT2D eigenvalue weighted by Crippen LogP contribution is 2.17. The smallest absolute Gasteiger partial charge is 0.261 e. The Morgan fingerprint density at radius 3 is 2.58 bits per heavy atom. The molecule has 0 aliphatic heterocycles. The van der Waals surface area contributed by atoms with Gasteiger partial charge in [-0.3, -0.25) is 9.59 Å². The second-order valence-electron chi connectivity index (χ2n) is 5.76. The van der Waals surface area contributed by atoms with Crippen LogP contribution in [0.5, 0.6) is 0 Å². The van der Waals surface area contributed by atoms with Gasteiger partial charge in [0.25, 0.3) is 11.5 Å². The summed E-state index contributed by atoms with van der Waals surface area (Å²) in [5.74, 6) is -0.300. The molecule has 0 atom stereocenters. The number of pyridine rings is 1. The van der Waals surface area contributed by atoms with Crippen LogP contribution in [0.3, 0.4) is 0 Å². The molecule has 0 radical (unpaired) electrons. The van der Waals surface area contributed by atoms with E-state index in [1.54, 1.807) is 6.07 Å². The van der Waals surface area contributed by atoms with Crippen molar-refractivity contribution in [3.05, 3.63) is 31.2 Å². The Labute approximate surface area is 127 Å². The number of hydrogen-bond acceptors (Lipinski definition) is 2.